The van der Waals surface area contributed by atoms with Gasteiger partial charge in [0.1, 0.15) is 11.4 Å². The van der Waals surface area contributed by atoms with Crippen LogP contribution in [0.2, 0.25) is 0 Å². The fourth-order valence-corrected chi connectivity index (χ4v) is 1.73. The van der Waals surface area contributed by atoms with Gasteiger partial charge >= 0.3 is 0 Å². The predicted octanol–water partition coefficient (Wildman–Crippen LogP) is 1.62. The lowest BCUT2D eigenvalue weighted by atomic mass is 10.1. The molecule has 0 spiro atoms. The highest BCUT2D eigenvalue weighted by molar-refractivity contribution is 5.40. The Labute approximate surface area is 110 Å². The fraction of sp³-hybridized carbons (Fsp3) is 0.214. The van der Waals surface area contributed by atoms with E-state index in [1.54, 1.807) is 6.07 Å². The van der Waals surface area contributed by atoms with Gasteiger partial charge in [-0.25, -0.2) is 0 Å². The number of rotatable bonds is 2. The van der Waals surface area contributed by atoms with Crippen molar-refractivity contribution in [2.24, 2.45) is 0 Å². The summed E-state index contributed by atoms with van der Waals surface area (Å²) in [6, 6.07) is 8.51. The van der Waals surface area contributed by atoms with Crippen molar-refractivity contribution < 1.29 is 5.11 Å². The summed E-state index contributed by atoms with van der Waals surface area (Å²) in [6.07, 6.45) is -0.0447. The number of aromatic nitrogens is 2. The maximum atomic E-state index is 11.9. The molecule has 2 aromatic rings. The summed E-state index contributed by atoms with van der Waals surface area (Å²) in [6.45, 7) is 3.92. The van der Waals surface area contributed by atoms with Crippen molar-refractivity contribution >= 4 is 0 Å². The van der Waals surface area contributed by atoms with E-state index in [9.17, 15) is 9.90 Å². The van der Waals surface area contributed by atoms with Crippen molar-refractivity contribution in [3.8, 4) is 17.5 Å². The van der Waals surface area contributed by atoms with Crippen LogP contribution >= 0.6 is 0 Å². The molecule has 0 aliphatic rings. The largest absolute Gasteiger partial charge is 0.506 e. The third kappa shape index (κ3) is 2.47. The van der Waals surface area contributed by atoms with Gasteiger partial charge in [0, 0.05) is 6.07 Å². The molecule has 0 saturated carbocycles. The molecule has 1 N–H and O–H groups in total. The second-order valence-electron chi connectivity index (χ2n) is 4.33. The van der Waals surface area contributed by atoms with Crippen molar-refractivity contribution in [2.45, 2.75) is 20.3 Å². The van der Waals surface area contributed by atoms with Gasteiger partial charge in [-0.15, -0.1) is 0 Å². The fourth-order valence-electron chi connectivity index (χ4n) is 1.73. The first-order valence-electron chi connectivity index (χ1n) is 5.79. The minimum absolute atomic E-state index is 0.0447. The number of nitrogens with zero attached hydrogens (tertiary/aromatic N) is 3. The molecule has 0 aliphatic heterocycles. The van der Waals surface area contributed by atoms with Crippen LogP contribution in [0.3, 0.4) is 0 Å². The molecule has 1 aromatic heterocycles. The lowest BCUT2D eigenvalue weighted by molar-refractivity contribution is 0.459. The molecular weight excluding hydrogens is 242 g/mol. The topological polar surface area (TPSA) is 78.9 Å². The first-order chi connectivity index (χ1) is 9.02. The number of benzene rings is 1. The van der Waals surface area contributed by atoms with E-state index in [1.807, 2.05) is 32.0 Å². The van der Waals surface area contributed by atoms with Crippen LogP contribution in [-0.4, -0.2) is 14.9 Å². The van der Waals surface area contributed by atoms with Crippen molar-refractivity contribution in [3.63, 3.8) is 0 Å². The maximum Gasteiger partial charge on any atom is 0.275 e. The summed E-state index contributed by atoms with van der Waals surface area (Å²) in [5, 5.41) is 22.3. The molecule has 0 fully saturated rings. The SMILES string of the molecule is Cc1ccc(-n2nc(CC#N)c(O)cc2=O)cc1C. The maximum absolute atomic E-state index is 11.9. The van der Waals surface area contributed by atoms with Gasteiger partial charge in [0.2, 0.25) is 0 Å². The summed E-state index contributed by atoms with van der Waals surface area (Å²) < 4.78 is 1.19. The third-order valence-corrected chi connectivity index (χ3v) is 2.97. The molecule has 0 aliphatic carbocycles. The number of nitriles is 1. The average Bonchev–Trinajstić information content (AvgIpc) is 2.36. The van der Waals surface area contributed by atoms with Crippen molar-refractivity contribution in [1.82, 2.24) is 9.78 Å². The highest BCUT2D eigenvalue weighted by Crippen LogP contribution is 2.15. The minimum atomic E-state index is -0.428. The Morgan fingerprint density at radius 3 is 2.68 bits per heavy atom. The summed E-state index contributed by atoms with van der Waals surface area (Å²) >= 11 is 0. The van der Waals surface area contributed by atoms with Crippen LogP contribution in [0, 0.1) is 25.2 Å². The van der Waals surface area contributed by atoms with Crippen LogP contribution in [0.4, 0.5) is 0 Å². The zero-order chi connectivity index (χ0) is 14.0. The molecule has 19 heavy (non-hydrogen) atoms. The van der Waals surface area contributed by atoms with Gasteiger partial charge in [0.15, 0.2) is 0 Å². The quantitative estimate of drug-likeness (QED) is 0.884. The van der Waals surface area contributed by atoms with E-state index < -0.39 is 5.56 Å². The molecule has 0 amide bonds. The van der Waals surface area contributed by atoms with Gasteiger partial charge in [-0.3, -0.25) is 4.79 Å². The monoisotopic (exact) mass is 255 g/mol. The standard InChI is InChI=1S/C14H13N3O2/c1-9-3-4-11(7-10(9)2)17-14(19)8-13(18)12(16-17)5-6-15/h3-4,7-8,18H,5H2,1-2H3. The molecule has 5 nitrogen and oxygen atoms in total. The first-order valence-corrected chi connectivity index (χ1v) is 5.79. The average molecular weight is 255 g/mol. The third-order valence-electron chi connectivity index (χ3n) is 2.97. The Balaban J connectivity index is 2.61. The van der Waals surface area contributed by atoms with E-state index in [-0.39, 0.29) is 17.9 Å². The summed E-state index contributed by atoms with van der Waals surface area (Å²) in [5.41, 5.74) is 2.55. The van der Waals surface area contributed by atoms with Crippen molar-refractivity contribution in [3.05, 3.63) is 51.4 Å². The molecule has 1 heterocycles. The minimum Gasteiger partial charge on any atom is -0.506 e. The van der Waals surface area contributed by atoms with Gasteiger partial charge in [0.25, 0.3) is 5.56 Å². The molecule has 0 saturated heterocycles. The highest BCUT2D eigenvalue weighted by Gasteiger charge is 2.09. The molecule has 0 radical (unpaired) electrons. The number of aromatic hydroxyl groups is 1. The predicted molar refractivity (Wildman–Crippen MR) is 70.3 cm³/mol. The van der Waals surface area contributed by atoms with Crippen molar-refractivity contribution in [2.75, 3.05) is 0 Å². The first kappa shape index (κ1) is 12.8. The van der Waals surface area contributed by atoms with Crippen LogP contribution in [0.5, 0.6) is 5.75 Å². The molecular formula is C14H13N3O2. The molecule has 0 atom stereocenters. The van der Waals surface area contributed by atoms with Gasteiger partial charge in [0.05, 0.1) is 18.2 Å². The molecule has 1 aromatic carbocycles. The lowest BCUT2D eigenvalue weighted by Gasteiger charge is -2.09. The van der Waals surface area contributed by atoms with Crippen LogP contribution in [0.15, 0.2) is 29.1 Å². The Morgan fingerprint density at radius 1 is 1.32 bits per heavy atom. The van der Waals surface area contributed by atoms with Gasteiger partial charge in [-0.2, -0.15) is 15.0 Å². The van der Waals surface area contributed by atoms with Crippen LogP contribution in [0.1, 0.15) is 16.8 Å². The van der Waals surface area contributed by atoms with Gasteiger partial charge in [-0.1, -0.05) is 6.07 Å². The molecule has 0 bridgehead atoms. The smallest absolute Gasteiger partial charge is 0.275 e. The zero-order valence-electron chi connectivity index (χ0n) is 10.7. The number of hydrogen-bond acceptors (Lipinski definition) is 4. The van der Waals surface area contributed by atoms with Crippen LogP contribution in [0.25, 0.3) is 5.69 Å². The van der Waals surface area contributed by atoms with Gasteiger partial charge in [-0.05, 0) is 37.1 Å². The summed E-state index contributed by atoms with van der Waals surface area (Å²) in [5.74, 6) is -0.244. The molecule has 0 unspecified atom stereocenters. The van der Waals surface area contributed by atoms with E-state index in [4.69, 9.17) is 5.26 Å². The van der Waals surface area contributed by atoms with E-state index in [2.05, 4.69) is 5.10 Å². The lowest BCUT2D eigenvalue weighted by Crippen LogP contribution is -2.21. The number of hydrogen-bond donors (Lipinski definition) is 1. The number of aryl methyl sites for hydroxylation is 2. The van der Waals surface area contributed by atoms with E-state index in [0.717, 1.165) is 17.2 Å². The Kier molecular flexibility index (Phi) is 3.34. The highest BCUT2D eigenvalue weighted by atomic mass is 16.3. The summed E-state index contributed by atoms with van der Waals surface area (Å²) in [7, 11) is 0. The van der Waals surface area contributed by atoms with E-state index in [1.165, 1.54) is 4.68 Å². The molecule has 5 heteroatoms. The Bertz CT molecular complexity index is 726. The van der Waals surface area contributed by atoms with E-state index >= 15 is 0 Å². The van der Waals surface area contributed by atoms with E-state index in [0.29, 0.717) is 5.69 Å². The van der Waals surface area contributed by atoms with Crippen LogP contribution < -0.4 is 5.56 Å². The van der Waals surface area contributed by atoms with Gasteiger partial charge < -0.3 is 5.11 Å². The second kappa shape index (κ2) is 4.94. The Morgan fingerprint density at radius 2 is 2.05 bits per heavy atom. The zero-order valence-corrected chi connectivity index (χ0v) is 10.7. The van der Waals surface area contributed by atoms with Crippen LogP contribution in [-0.2, 0) is 6.42 Å². The molecule has 2 rings (SSSR count). The Hall–Kier alpha value is -2.61. The second-order valence-corrected chi connectivity index (χ2v) is 4.33. The van der Waals surface area contributed by atoms with Crippen molar-refractivity contribution in [1.29, 1.82) is 5.26 Å². The molecule has 96 valence electrons. The summed E-state index contributed by atoms with van der Waals surface area (Å²) in [4.78, 5) is 11.9. The normalized spacial score (nSPS) is 10.2.